The number of rotatable bonds is 8. The third-order valence-corrected chi connectivity index (χ3v) is 4.85. The van der Waals surface area contributed by atoms with Crippen molar-refractivity contribution in [2.45, 2.75) is 57.6 Å². The molecule has 0 aliphatic carbocycles. The molecule has 0 radical (unpaired) electrons. The molecule has 0 bridgehead atoms. The van der Waals surface area contributed by atoms with Crippen molar-refractivity contribution in [3.05, 3.63) is 29.6 Å². The maximum atomic E-state index is 13.7. The molecular formula is C15H24FNO3S. The Labute approximate surface area is 126 Å². The minimum absolute atomic E-state index is 0.258. The van der Waals surface area contributed by atoms with E-state index in [1.807, 2.05) is 0 Å². The van der Waals surface area contributed by atoms with Gasteiger partial charge >= 0.3 is 0 Å². The van der Waals surface area contributed by atoms with Crippen LogP contribution in [0.4, 0.5) is 4.39 Å². The molecule has 1 atom stereocenters. The third kappa shape index (κ3) is 5.73. The summed E-state index contributed by atoms with van der Waals surface area (Å²) < 4.78 is 40.6. The lowest BCUT2D eigenvalue weighted by Gasteiger charge is -2.15. The first-order valence-electron chi connectivity index (χ1n) is 7.18. The molecule has 1 aromatic carbocycles. The van der Waals surface area contributed by atoms with Gasteiger partial charge in [-0.3, -0.25) is 0 Å². The lowest BCUT2D eigenvalue weighted by Crippen LogP contribution is -2.33. The monoisotopic (exact) mass is 317 g/mol. The van der Waals surface area contributed by atoms with E-state index in [4.69, 9.17) is 5.11 Å². The van der Waals surface area contributed by atoms with Gasteiger partial charge in [-0.15, -0.1) is 0 Å². The van der Waals surface area contributed by atoms with Crippen molar-refractivity contribution < 1.29 is 17.9 Å². The fraction of sp³-hybridized carbons (Fsp3) is 0.600. The largest absolute Gasteiger partial charge is 0.392 e. The Hall–Kier alpha value is -0.980. The van der Waals surface area contributed by atoms with Crippen LogP contribution in [0.3, 0.4) is 0 Å². The summed E-state index contributed by atoms with van der Waals surface area (Å²) in [5.74, 6) is -0.235. The summed E-state index contributed by atoms with van der Waals surface area (Å²) >= 11 is 0. The zero-order valence-electron chi connectivity index (χ0n) is 12.8. The number of aliphatic hydroxyl groups excluding tert-OH is 1. The molecule has 21 heavy (non-hydrogen) atoms. The standard InChI is InChI=1S/C15H24FNO3S/c1-11(2)5-4-6-12(3)17-21(19,20)15-9-13(10-18)7-8-14(15)16/h7-9,11-12,17-18H,4-6,10H2,1-3H3. The molecule has 0 aliphatic heterocycles. The summed E-state index contributed by atoms with van der Waals surface area (Å²) in [6.45, 7) is 5.67. The number of nitrogens with one attached hydrogen (secondary N) is 1. The smallest absolute Gasteiger partial charge is 0.243 e. The lowest BCUT2D eigenvalue weighted by molar-refractivity contribution is 0.281. The number of sulfonamides is 1. The van der Waals surface area contributed by atoms with Crippen LogP contribution in [0.1, 0.15) is 45.6 Å². The number of hydrogen-bond acceptors (Lipinski definition) is 3. The molecule has 1 rings (SSSR count). The summed E-state index contributed by atoms with van der Waals surface area (Å²) in [4.78, 5) is -0.412. The van der Waals surface area contributed by atoms with E-state index in [2.05, 4.69) is 18.6 Å². The molecule has 0 saturated heterocycles. The normalized spacial score (nSPS) is 13.6. The topological polar surface area (TPSA) is 66.4 Å². The predicted molar refractivity (Wildman–Crippen MR) is 80.8 cm³/mol. The summed E-state index contributed by atoms with van der Waals surface area (Å²) in [6, 6.07) is 3.33. The van der Waals surface area contributed by atoms with Crippen molar-refractivity contribution in [3.63, 3.8) is 0 Å². The summed E-state index contributed by atoms with van der Waals surface area (Å²) in [6.07, 6.45) is 2.65. The van der Waals surface area contributed by atoms with Gasteiger partial charge in [0.05, 0.1) is 6.61 Å². The van der Waals surface area contributed by atoms with E-state index in [9.17, 15) is 12.8 Å². The first kappa shape index (κ1) is 18.1. The quantitative estimate of drug-likeness (QED) is 0.775. The van der Waals surface area contributed by atoms with Gasteiger partial charge in [0, 0.05) is 6.04 Å². The fourth-order valence-corrected chi connectivity index (χ4v) is 3.48. The van der Waals surface area contributed by atoms with Crippen LogP contribution in [-0.4, -0.2) is 19.6 Å². The van der Waals surface area contributed by atoms with Gasteiger partial charge in [-0.25, -0.2) is 17.5 Å². The minimum atomic E-state index is -3.91. The third-order valence-electron chi connectivity index (χ3n) is 3.24. The van der Waals surface area contributed by atoms with E-state index < -0.39 is 20.7 Å². The molecule has 0 heterocycles. The van der Waals surface area contributed by atoms with E-state index in [1.54, 1.807) is 6.92 Å². The van der Waals surface area contributed by atoms with Crippen molar-refractivity contribution in [3.8, 4) is 0 Å². The van der Waals surface area contributed by atoms with Gasteiger partial charge < -0.3 is 5.11 Å². The molecule has 4 nitrogen and oxygen atoms in total. The SMILES string of the molecule is CC(C)CCCC(C)NS(=O)(=O)c1cc(CO)ccc1F. The Morgan fingerprint density at radius 3 is 2.48 bits per heavy atom. The molecule has 2 N–H and O–H groups in total. The maximum absolute atomic E-state index is 13.7. The minimum Gasteiger partial charge on any atom is -0.392 e. The van der Waals surface area contributed by atoms with Crippen LogP contribution in [0.5, 0.6) is 0 Å². The van der Waals surface area contributed by atoms with Crippen molar-refractivity contribution in [1.82, 2.24) is 4.72 Å². The second-order valence-corrected chi connectivity index (χ2v) is 7.45. The highest BCUT2D eigenvalue weighted by molar-refractivity contribution is 7.89. The fourth-order valence-electron chi connectivity index (χ4n) is 2.07. The summed E-state index contributed by atoms with van der Waals surface area (Å²) in [5.41, 5.74) is 0.365. The van der Waals surface area contributed by atoms with Gasteiger partial charge in [-0.05, 0) is 37.0 Å². The van der Waals surface area contributed by atoms with Crippen LogP contribution < -0.4 is 4.72 Å². The second kappa shape index (κ2) is 7.87. The number of aliphatic hydroxyl groups is 1. The molecule has 0 amide bonds. The average molecular weight is 317 g/mol. The zero-order chi connectivity index (χ0) is 16.0. The van der Waals surface area contributed by atoms with E-state index in [1.165, 1.54) is 12.1 Å². The van der Waals surface area contributed by atoms with E-state index in [0.717, 1.165) is 18.9 Å². The Bertz CT molecular complexity index is 558. The molecule has 120 valence electrons. The Morgan fingerprint density at radius 2 is 1.90 bits per heavy atom. The molecule has 0 aromatic heterocycles. The van der Waals surface area contributed by atoms with Crippen LogP contribution in [0.2, 0.25) is 0 Å². The van der Waals surface area contributed by atoms with Crippen molar-refractivity contribution in [2.75, 3.05) is 0 Å². The zero-order valence-corrected chi connectivity index (χ0v) is 13.6. The van der Waals surface area contributed by atoms with E-state index in [-0.39, 0.29) is 12.6 Å². The average Bonchev–Trinajstić information content (AvgIpc) is 2.38. The van der Waals surface area contributed by atoms with Crippen LogP contribution in [0, 0.1) is 11.7 Å². The highest BCUT2D eigenvalue weighted by atomic mass is 32.2. The van der Waals surface area contributed by atoms with Crippen LogP contribution >= 0.6 is 0 Å². The first-order chi connectivity index (χ1) is 9.76. The van der Waals surface area contributed by atoms with Gasteiger partial charge in [0.2, 0.25) is 10.0 Å². The number of benzene rings is 1. The van der Waals surface area contributed by atoms with Crippen molar-refractivity contribution >= 4 is 10.0 Å². The summed E-state index contributed by atoms with van der Waals surface area (Å²) in [5, 5.41) is 9.03. The van der Waals surface area contributed by atoms with Gasteiger partial charge in [-0.2, -0.15) is 0 Å². The van der Waals surface area contributed by atoms with E-state index in [0.29, 0.717) is 17.9 Å². The highest BCUT2D eigenvalue weighted by Crippen LogP contribution is 2.18. The molecule has 1 aromatic rings. The van der Waals surface area contributed by atoms with Crippen LogP contribution in [0.15, 0.2) is 23.1 Å². The van der Waals surface area contributed by atoms with Gasteiger partial charge in [0.15, 0.2) is 0 Å². The molecule has 0 fully saturated rings. The first-order valence-corrected chi connectivity index (χ1v) is 8.66. The highest BCUT2D eigenvalue weighted by Gasteiger charge is 2.21. The van der Waals surface area contributed by atoms with Crippen LogP contribution in [-0.2, 0) is 16.6 Å². The lowest BCUT2D eigenvalue weighted by atomic mass is 10.0. The van der Waals surface area contributed by atoms with Gasteiger partial charge in [0.1, 0.15) is 10.7 Å². The number of halogens is 1. The van der Waals surface area contributed by atoms with Crippen LogP contribution in [0.25, 0.3) is 0 Å². The molecule has 0 aliphatic rings. The van der Waals surface area contributed by atoms with Gasteiger partial charge in [0.25, 0.3) is 0 Å². The maximum Gasteiger partial charge on any atom is 0.243 e. The number of hydrogen-bond donors (Lipinski definition) is 2. The van der Waals surface area contributed by atoms with E-state index >= 15 is 0 Å². The van der Waals surface area contributed by atoms with Gasteiger partial charge in [-0.1, -0.05) is 32.8 Å². The summed E-state index contributed by atoms with van der Waals surface area (Å²) in [7, 11) is -3.91. The van der Waals surface area contributed by atoms with Crippen molar-refractivity contribution in [2.24, 2.45) is 5.92 Å². The Morgan fingerprint density at radius 1 is 1.24 bits per heavy atom. The molecule has 6 heteroatoms. The molecule has 0 saturated carbocycles. The Kier molecular flexibility index (Phi) is 6.77. The molecular weight excluding hydrogens is 293 g/mol. The molecule has 0 spiro atoms. The molecule has 1 unspecified atom stereocenters. The predicted octanol–water partition coefficient (Wildman–Crippen LogP) is 2.81. The van der Waals surface area contributed by atoms with Crippen molar-refractivity contribution in [1.29, 1.82) is 0 Å². The second-order valence-electron chi connectivity index (χ2n) is 5.77. The Balaban J connectivity index is 2.77.